The lowest BCUT2D eigenvalue weighted by molar-refractivity contribution is 0.668. The van der Waals surface area contributed by atoms with Gasteiger partial charge in [-0.05, 0) is 88.0 Å². The minimum atomic E-state index is 0.862. The molecule has 51 heavy (non-hydrogen) atoms. The maximum absolute atomic E-state index is 6.56. The molecule has 240 valence electrons. The minimum Gasteiger partial charge on any atom is -0.456 e. The van der Waals surface area contributed by atoms with Crippen LogP contribution >= 0.6 is 0 Å². The van der Waals surface area contributed by atoms with Gasteiger partial charge in [0.25, 0.3) is 0 Å². The number of nitrogens with zero attached hydrogens (tertiary/aromatic N) is 1. The van der Waals surface area contributed by atoms with Crippen molar-refractivity contribution in [2.75, 3.05) is 4.90 Å². The molecule has 0 spiro atoms. The van der Waals surface area contributed by atoms with Crippen molar-refractivity contribution in [1.29, 1.82) is 0 Å². The van der Waals surface area contributed by atoms with E-state index in [1.54, 1.807) is 0 Å². The molecule has 0 N–H and O–H groups in total. The number of rotatable bonds is 6. The number of benzene rings is 8. The molecule has 0 atom stereocenters. The van der Waals surface area contributed by atoms with Crippen LogP contribution in [0.5, 0.6) is 0 Å². The fraction of sp³-hybridized carbons (Fsp3) is 0. The quantitative estimate of drug-likeness (QED) is 0.179. The zero-order valence-electron chi connectivity index (χ0n) is 27.7. The van der Waals surface area contributed by atoms with Crippen molar-refractivity contribution < 1.29 is 8.83 Å². The van der Waals surface area contributed by atoms with Crippen LogP contribution in [0, 0.1) is 0 Å². The van der Waals surface area contributed by atoms with Gasteiger partial charge in [0.1, 0.15) is 16.7 Å². The summed E-state index contributed by atoms with van der Waals surface area (Å²) in [5, 5.41) is 4.47. The molecular weight excluding hydrogens is 623 g/mol. The van der Waals surface area contributed by atoms with Gasteiger partial charge < -0.3 is 13.7 Å². The van der Waals surface area contributed by atoms with Crippen LogP contribution in [0.1, 0.15) is 0 Å². The largest absolute Gasteiger partial charge is 0.456 e. The van der Waals surface area contributed by atoms with Crippen LogP contribution in [0.2, 0.25) is 0 Å². The summed E-state index contributed by atoms with van der Waals surface area (Å²) in [6.07, 6.45) is 0. The highest BCUT2D eigenvalue weighted by molar-refractivity contribution is 6.10. The molecule has 10 aromatic rings. The average Bonchev–Trinajstić information content (AvgIpc) is 3.78. The molecule has 0 unspecified atom stereocenters. The second-order valence-corrected chi connectivity index (χ2v) is 12.9. The summed E-state index contributed by atoms with van der Waals surface area (Å²) in [6, 6.07) is 66.2. The maximum Gasteiger partial charge on any atom is 0.159 e. The van der Waals surface area contributed by atoms with Crippen LogP contribution < -0.4 is 4.90 Å². The summed E-state index contributed by atoms with van der Waals surface area (Å²) in [5.74, 6) is 0. The van der Waals surface area contributed by atoms with Crippen molar-refractivity contribution in [2.45, 2.75) is 0 Å². The third kappa shape index (κ3) is 5.06. The molecular formula is C48H31NO2. The second kappa shape index (κ2) is 11.9. The van der Waals surface area contributed by atoms with Crippen LogP contribution in [0.25, 0.3) is 77.3 Å². The van der Waals surface area contributed by atoms with Gasteiger partial charge in [0.05, 0.1) is 5.69 Å². The van der Waals surface area contributed by atoms with Crippen LogP contribution in [-0.2, 0) is 0 Å². The van der Waals surface area contributed by atoms with Gasteiger partial charge in [0.15, 0.2) is 5.58 Å². The lowest BCUT2D eigenvalue weighted by Gasteiger charge is -2.26. The van der Waals surface area contributed by atoms with Gasteiger partial charge in [-0.15, -0.1) is 0 Å². The van der Waals surface area contributed by atoms with Crippen molar-refractivity contribution in [2.24, 2.45) is 0 Å². The first-order chi connectivity index (χ1) is 25.3. The Labute approximate surface area is 295 Å². The SMILES string of the molecule is c1ccc(-c2ccc(-c3ccc(N(c4ccc(-c5ccc6oc7ccccc7c6c5)cc4)c4cccc5c4oc4ccccc45)cc3)cc2)cc1. The molecule has 0 aliphatic heterocycles. The number of fused-ring (bicyclic) bond motifs is 6. The normalized spacial score (nSPS) is 11.5. The van der Waals surface area contributed by atoms with Crippen molar-refractivity contribution in [3.63, 3.8) is 0 Å². The van der Waals surface area contributed by atoms with Gasteiger partial charge in [-0.2, -0.15) is 0 Å². The smallest absolute Gasteiger partial charge is 0.159 e. The molecule has 0 aliphatic carbocycles. The zero-order valence-corrected chi connectivity index (χ0v) is 27.7. The summed E-state index contributed by atoms with van der Waals surface area (Å²) in [4.78, 5) is 2.30. The maximum atomic E-state index is 6.56. The van der Waals surface area contributed by atoms with Gasteiger partial charge in [-0.1, -0.05) is 133 Å². The van der Waals surface area contributed by atoms with Crippen LogP contribution in [-0.4, -0.2) is 0 Å². The van der Waals surface area contributed by atoms with Gasteiger partial charge in [-0.3, -0.25) is 0 Å². The molecule has 0 fully saturated rings. The molecule has 3 nitrogen and oxygen atoms in total. The summed E-state index contributed by atoms with van der Waals surface area (Å²) < 4.78 is 12.7. The van der Waals surface area contributed by atoms with E-state index in [0.29, 0.717) is 0 Å². The second-order valence-electron chi connectivity index (χ2n) is 12.9. The van der Waals surface area contributed by atoms with Gasteiger partial charge in [0, 0.05) is 32.9 Å². The first-order valence-corrected chi connectivity index (χ1v) is 17.2. The first kappa shape index (κ1) is 29.1. The molecule has 0 amide bonds. The zero-order chi connectivity index (χ0) is 33.7. The minimum absolute atomic E-state index is 0.862. The van der Waals surface area contributed by atoms with Crippen LogP contribution in [0.15, 0.2) is 197 Å². The number of furan rings is 2. The fourth-order valence-corrected chi connectivity index (χ4v) is 7.33. The van der Waals surface area contributed by atoms with Crippen molar-refractivity contribution in [1.82, 2.24) is 0 Å². The highest BCUT2D eigenvalue weighted by atomic mass is 16.3. The fourth-order valence-electron chi connectivity index (χ4n) is 7.33. The molecule has 0 radical (unpaired) electrons. The summed E-state index contributed by atoms with van der Waals surface area (Å²) in [5.41, 5.74) is 13.7. The number of hydrogen-bond donors (Lipinski definition) is 0. The Morgan fingerprint density at radius 2 is 0.745 bits per heavy atom. The van der Waals surface area contributed by atoms with Crippen LogP contribution in [0.4, 0.5) is 17.1 Å². The van der Waals surface area contributed by atoms with E-state index in [1.807, 2.05) is 24.3 Å². The van der Waals surface area contributed by atoms with E-state index in [1.165, 1.54) is 16.7 Å². The molecule has 8 aromatic carbocycles. The lowest BCUT2D eigenvalue weighted by Crippen LogP contribution is -2.10. The Morgan fingerprint density at radius 1 is 0.294 bits per heavy atom. The Balaban J connectivity index is 1.05. The Hall–Kier alpha value is -6.84. The van der Waals surface area contributed by atoms with E-state index in [2.05, 4.69) is 169 Å². The van der Waals surface area contributed by atoms with Crippen molar-refractivity contribution in [3.05, 3.63) is 188 Å². The third-order valence-electron chi connectivity index (χ3n) is 9.91. The van der Waals surface area contributed by atoms with Gasteiger partial charge in [-0.25, -0.2) is 0 Å². The average molecular weight is 654 g/mol. The third-order valence-corrected chi connectivity index (χ3v) is 9.91. The highest BCUT2D eigenvalue weighted by Crippen LogP contribution is 2.43. The van der Waals surface area contributed by atoms with Gasteiger partial charge >= 0.3 is 0 Å². The summed E-state index contributed by atoms with van der Waals surface area (Å²) in [7, 11) is 0. The summed E-state index contributed by atoms with van der Waals surface area (Å²) >= 11 is 0. The highest BCUT2D eigenvalue weighted by Gasteiger charge is 2.20. The number of hydrogen-bond acceptors (Lipinski definition) is 3. The van der Waals surface area contributed by atoms with E-state index < -0.39 is 0 Å². The standard InChI is InChI=1S/C48H31NO2/c1-2-9-32(10-3-1)33-17-19-34(20-18-33)35-21-26-38(27-22-35)49(44-14-8-13-42-40-11-4-7-16-46(40)51-48(42)44)39-28-23-36(24-29-39)37-25-30-47-43(31-37)41-12-5-6-15-45(41)50-47/h1-31H. The topological polar surface area (TPSA) is 29.5 Å². The van der Waals surface area contributed by atoms with Crippen LogP contribution in [0.3, 0.4) is 0 Å². The van der Waals surface area contributed by atoms with Gasteiger partial charge in [0.2, 0.25) is 0 Å². The molecule has 0 saturated carbocycles. The van der Waals surface area contributed by atoms with Crippen molar-refractivity contribution >= 4 is 60.9 Å². The molecule has 0 bridgehead atoms. The monoisotopic (exact) mass is 653 g/mol. The predicted molar refractivity (Wildman–Crippen MR) is 212 cm³/mol. The molecule has 0 aliphatic rings. The van der Waals surface area contributed by atoms with E-state index in [4.69, 9.17) is 8.83 Å². The predicted octanol–water partition coefficient (Wildman–Crippen LogP) is 14.0. The van der Waals surface area contributed by atoms with E-state index in [0.717, 1.165) is 77.6 Å². The number of para-hydroxylation sites is 3. The lowest BCUT2D eigenvalue weighted by atomic mass is 10.00. The molecule has 2 heterocycles. The Kier molecular flexibility index (Phi) is 6.81. The van der Waals surface area contributed by atoms with E-state index in [-0.39, 0.29) is 0 Å². The molecule has 0 saturated heterocycles. The van der Waals surface area contributed by atoms with E-state index >= 15 is 0 Å². The van der Waals surface area contributed by atoms with Crippen molar-refractivity contribution in [3.8, 4) is 33.4 Å². The molecule has 2 aromatic heterocycles. The molecule has 10 rings (SSSR count). The Bertz CT molecular complexity index is 2830. The van der Waals surface area contributed by atoms with E-state index in [9.17, 15) is 0 Å². The number of anilines is 3. The molecule has 3 heteroatoms. The first-order valence-electron chi connectivity index (χ1n) is 17.2. The Morgan fingerprint density at radius 3 is 1.39 bits per heavy atom. The summed E-state index contributed by atoms with van der Waals surface area (Å²) in [6.45, 7) is 0.